The standard InChI is InChI=1S/C21H20N2O2S/c24-20-18(22-21(25)26-20)14-16-9-4-10-19-17(16)11-13-23(19)12-5-8-15-6-2-1-3-7-15/h1-4,6-7,9-11,13,18H,5,8,12,14H2,(H,22,25). The number of nitrogens with zero attached hydrogens (tertiary/aromatic N) is 1. The number of nitrogens with one attached hydrogen (secondary N) is 1. The van der Waals surface area contributed by atoms with Crippen LogP contribution in [0.2, 0.25) is 0 Å². The Balaban J connectivity index is 1.48. The van der Waals surface area contributed by atoms with Gasteiger partial charge in [-0.3, -0.25) is 9.59 Å². The first-order valence-electron chi connectivity index (χ1n) is 8.83. The van der Waals surface area contributed by atoms with Gasteiger partial charge in [-0.1, -0.05) is 42.5 Å². The zero-order valence-corrected chi connectivity index (χ0v) is 15.2. The number of rotatable bonds is 6. The fraction of sp³-hybridized carbons (Fsp3) is 0.238. The van der Waals surface area contributed by atoms with E-state index in [1.54, 1.807) is 0 Å². The van der Waals surface area contributed by atoms with E-state index in [9.17, 15) is 9.59 Å². The Morgan fingerprint density at radius 3 is 2.62 bits per heavy atom. The van der Waals surface area contributed by atoms with Crippen molar-refractivity contribution in [3.63, 3.8) is 0 Å². The predicted octanol–water partition coefficient (Wildman–Crippen LogP) is 4.17. The van der Waals surface area contributed by atoms with Crippen LogP contribution < -0.4 is 5.32 Å². The van der Waals surface area contributed by atoms with Crippen LogP contribution in [0.5, 0.6) is 0 Å². The summed E-state index contributed by atoms with van der Waals surface area (Å²) in [5, 5.41) is 3.57. The van der Waals surface area contributed by atoms with Gasteiger partial charge in [0.25, 0.3) is 5.24 Å². The summed E-state index contributed by atoms with van der Waals surface area (Å²) < 4.78 is 2.27. The molecule has 1 aromatic heterocycles. The minimum atomic E-state index is -0.417. The molecule has 0 saturated carbocycles. The highest BCUT2D eigenvalue weighted by Gasteiger charge is 2.31. The maximum Gasteiger partial charge on any atom is 0.287 e. The van der Waals surface area contributed by atoms with Crippen molar-refractivity contribution >= 4 is 33.0 Å². The van der Waals surface area contributed by atoms with Gasteiger partial charge in [-0.2, -0.15) is 0 Å². The average Bonchev–Trinajstić information content (AvgIpc) is 3.20. The van der Waals surface area contributed by atoms with E-state index < -0.39 is 6.04 Å². The number of carbonyl (C=O) groups is 2. The maximum absolute atomic E-state index is 11.9. The lowest BCUT2D eigenvalue weighted by atomic mass is 10.0. The monoisotopic (exact) mass is 364 g/mol. The lowest BCUT2D eigenvalue weighted by Gasteiger charge is -2.10. The zero-order chi connectivity index (χ0) is 17.9. The summed E-state index contributed by atoms with van der Waals surface area (Å²) >= 11 is 0.773. The van der Waals surface area contributed by atoms with E-state index in [-0.39, 0.29) is 10.4 Å². The molecule has 4 nitrogen and oxygen atoms in total. The molecule has 3 aromatic rings. The number of thioether (sulfide) groups is 1. The second kappa shape index (κ2) is 7.38. The van der Waals surface area contributed by atoms with Crippen LogP contribution in [-0.2, 0) is 24.2 Å². The molecule has 2 aromatic carbocycles. The summed E-state index contributed by atoms with van der Waals surface area (Å²) in [5.74, 6) is 0. The fourth-order valence-electron chi connectivity index (χ4n) is 3.51. The van der Waals surface area contributed by atoms with Gasteiger partial charge in [0.2, 0.25) is 5.12 Å². The number of benzene rings is 2. The summed E-state index contributed by atoms with van der Waals surface area (Å²) in [6, 6.07) is 18.4. The predicted molar refractivity (Wildman–Crippen MR) is 105 cm³/mol. The molecular formula is C21H20N2O2S. The topological polar surface area (TPSA) is 51.1 Å². The third-order valence-electron chi connectivity index (χ3n) is 4.81. The minimum absolute atomic E-state index is 0.0886. The molecule has 26 heavy (non-hydrogen) atoms. The lowest BCUT2D eigenvalue weighted by Crippen LogP contribution is -2.30. The molecule has 1 aliphatic heterocycles. The molecule has 1 atom stereocenters. The number of aryl methyl sites for hydroxylation is 2. The number of fused-ring (bicyclic) bond motifs is 1. The van der Waals surface area contributed by atoms with Gasteiger partial charge < -0.3 is 9.88 Å². The van der Waals surface area contributed by atoms with Crippen LogP contribution in [0, 0.1) is 0 Å². The van der Waals surface area contributed by atoms with Gasteiger partial charge in [-0.05, 0) is 36.1 Å². The van der Waals surface area contributed by atoms with Crippen molar-refractivity contribution in [2.75, 3.05) is 0 Å². The number of hydrogen-bond donors (Lipinski definition) is 1. The molecule has 1 saturated heterocycles. The van der Waals surface area contributed by atoms with Crippen LogP contribution in [0.25, 0.3) is 10.9 Å². The quantitative estimate of drug-likeness (QED) is 0.714. The Hall–Kier alpha value is -2.53. The Morgan fingerprint density at radius 2 is 1.85 bits per heavy atom. The van der Waals surface area contributed by atoms with Gasteiger partial charge in [0.05, 0.1) is 0 Å². The van der Waals surface area contributed by atoms with Crippen molar-refractivity contribution in [3.05, 3.63) is 71.9 Å². The minimum Gasteiger partial charge on any atom is -0.347 e. The molecule has 0 bridgehead atoms. The molecule has 1 amide bonds. The van der Waals surface area contributed by atoms with Gasteiger partial charge >= 0.3 is 0 Å². The maximum atomic E-state index is 11.9. The SMILES string of the molecule is O=C1NC(Cc2cccc3c2ccn3CCCc2ccccc2)C(=O)S1. The van der Waals surface area contributed by atoms with Crippen LogP contribution in [0.15, 0.2) is 60.8 Å². The third kappa shape index (κ3) is 3.53. The van der Waals surface area contributed by atoms with E-state index in [0.29, 0.717) is 6.42 Å². The van der Waals surface area contributed by atoms with Crippen molar-refractivity contribution < 1.29 is 9.59 Å². The molecule has 2 heterocycles. The summed E-state index contributed by atoms with van der Waals surface area (Å²) in [6.45, 7) is 0.955. The van der Waals surface area contributed by atoms with Gasteiger partial charge in [-0.15, -0.1) is 0 Å². The van der Waals surface area contributed by atoms with E-state index >= 15 is 0 Å². The highest BCUT2D eigenvalue weighted by Crippen LogP contribution is 2.25. The van der Waals surface area contributed by atoms with E-state index in [2.05, 4.69) is 52.5 Å². The first-order chi connectivity index (χ1) is 12.7. The van der Waals surface area contributed by atoms with E-state index in [4.69, 9.17) is 0 Å². The number of hydrogen-bond acceptors (Lipinski definition) is 3. The van der Waals surface area contributed by atoms with Crippen LogP contribution in [-0.4, -0.2) is 21.0 Å². The highest BCUT2D eigenvalue weighted by molar-refractivity contribution is 8.26. The second-order valence-electron chi connectivity index (χ2n) is 6.56. The Labute approximate surface area is 156 Å². The lowest BCUT2D eigenvalue weighted by molar-refractivity contribution is -0.112. The normalized spacial score (nSPS) is 17.0. The summed E-state index contributed by atoms with van der Waals surface area (Å²) in [4.78, 5) is 23.3. The summed E-state index contributed by atoms with van der Waals surface area (Å²) in [5.41, 5.74) is 3.64. The number of aromatic nitrogens is 1. The van der Waals surface area contributed by atoms with Crippen molar-refractivity contribution in [1.29, 1.82) is 0 Å². The van der Waals surface area contributed by atoms with Crippen LogP contribution >= 0.6 is 11.8 Å². The van der Waals surface area contributed by atoms with E-state index in [0.717, 1.165) is 42.1 Å². The van der Waals surface area contributed by atoms with E-state index in [1.165, 1.54) is 11.1 Å². The van der Waals surface area contributed by atoms with Gasteiger partial charge in [0.1, 0.15) is 6.04 Å². The molecule has 1 N–H and O–H groups in total. The Bertz CT molecular complexity index is 949. The highest BCUT2D eigenvalue weighted by atomic mass is 32.2. The average molecular weight is 364 g/mol. The molecule has 4 rings (SSSR count). The first-order valence-corrected chi connectivity index (χ1v) is 9.65. The van der Waals surface area contributed by atoms with Crippen LogP contribution in [0.1, 0.15) is 17.5 Å². The Morgan fingerprint density at radius 1 is 1.00 bits per heavy atom. The molecule has 0 radical (unpaired) electrons. The molecule has 1 aliphatic rings. The molecule has 132 valence electrons. The van der Waals surface area contributed by atoms with Crippen molar-refractivity contribution in [3.8, 4) is 0 Å². The van der Waals surface area contributed by atoms with Crippen LogP contribution in [0.4, 0.5) is 4.79 Å². The van der Waals surface area contributed by atoms with Crippen molar-refractivity contribution in [1.82, 2.24) is 9.88 Å². The third-order valence-corrected chi connectivity index (χ3v) is 5.59. The number of amides is 1. The number of carbonyl (C=O) groups excluding carboxylic acids is 2. The van der Waals surface area contributed by atoms with Gasteiger partial charge in [0, 0.05) is 41.8 Å². The first kappa shape index (κ1) is 16.9. The van der Waals surface area contributed by atoms with Crippen LogP contribution in [0.3, 0.4) is 0 Å². The molecule has 0 spiro atoms. The molecule has 0 aliphatic carbocycles. The molecule has 1 fully saturated rings. The van der Waals surface area contributed by atoms with Crippen molar-refractivity contribution in [2.24, 2.45) is 0 Å². The fourth-order valence-corrected chi connectivity index (χ4v) is 4.17. The van der Waals surface area contributed by atoms with Crippen molar-refractivity contribution in [2.45, 2.75) is 31.8 Å². The summed E-state index contributed by atoms with van der Waals surface area (Å²) in [7, 11) is 0. The largest absolute Gasteiger partial charge is 0.347 e. The molecule has 1 unspecified atom stereocenters. The Kier molecular flexibility index (Phi) is 4.80. The zero-order valence-electron chi connectivity index (χ0n) is 14.4. The molecule has 5 heteroatoms. The van der Waals surface area contributed by atoms with Gasteiger partial charge in [-0.25, -0.2) is 0 Å². The smallest absolute Gasteiger partial charge is 0.287 e. The summed E-state index contributed by atoms with van der Waals surface area (Å²) in [6.07, 6.45) is 4.79. The second-order valence-corrected chi connectivity index (χ2v) is 7.54. The van der Waals surface area contributed by atoms with Gasteiger partial charge in [0.15, 0.2) is 0 Å². The molecular weight excluding hydrogens is 344 g/mol. The van der Waals surface area contributed by atoms with E-state index in [1.807, 2.05) is 18.2 Å².